The Kier molecular flexibility index (Phi) is 5.07. The molecule has 0 unspecified atom stereocenters. The van der Waals surface area contributed by atoms with Gasteiger partial charge in [-0.3, -0.25) is 14.5 Å². The molecule has 28 heavy (non-hydrogen) atoms. The van der Waals surface area contributed by atoms with Crippen LogP contribution < -0.4 is 15.5 Å². The Labute approximate surface area is 167 Å². The van der Waals surface area contributed by atoms with Crippen LogP contribution in [0.3, 0.4) is 0 Å². The molecular formula is C21H20ClN3O3. The number of anilines is 1. The number of H-pyrrole nitrogens is 1. The van der Waals surface area contributed by atoms with Crippen molar-refractivity contribution in [3.05, 3.63) is 69.0 Å². The first kappa shape index (κ1) is 18.5. The SMILES string of the molecule is COc1ccc(NC(=O)CN2CCc3[nH]c4ccccc4c(=O)c3C2)cc1Cl. The van der Waals surface area contributed by atoms with Crippen molar-refractivity contribution in [2.24, 2.45) is 0 Å². The predicted octanol–water partition coefficient (Wildman–Crippen LogP) is 3.19. The molecule has 6 nitrogen and oxygen atoms in total. The summed E-state index contributed by atoms with van der Waals surface area (Å²) < 4.78 is 5.12. The molecule has 0 bridgehead atoms. The number of nitrogens with zero attached hydrogens (tertiary/aromatic N) is 1. The van der Waals surface area contributed by atoms with Gasteiger partial charge in [0.05, 0.1) is 18.7 Å². The molecule has 1 aliphatic rings. The van der Waals surface area contributed by atoms with Crippen LogP contribution in [0.4, 0.5) is 5.69 Å². The molecule has 2 N–H and O–H groups in total. The summed E-state index contributed by atoms with van der Waals surface area (Å²) >= 11 is 6.10. The topological polar surface area (TPSA) is 74.4 Å². The number of rotatable bonds is 4. The summed E-state index contributed by atoms with van der Waals surface area (Å²) in [5.41, 5.74) is 3.20. The van der Waals surface area contributed by atoms with Gasteiger partial charge in [0, 0.05) is 47.4 Å². The van der Waals surface area contributed by atoms with Gasteiger partial charge in [-0.15, -0.1) is 0 Å². The molecule has 1 amide bonds. The van der Waals surface area contributed by atoms with E-state index in [0.29, 0.717) is 41.4 Å². The monoisotopic (exact) mass is 397 g/mol. The Morgan fingerprint density at radius 2 is 2.11 bits per heavy atom. The van der Waals surface area contributed by atoms with E-state index >= 15 is 0 Å². The van der Waals surface area contributed by atoms with Gasteiger partial charge < -0.3 is 15.0 Å². The molecule has 1 aliphatic heterocycles. The van der Waals surface area contributed by atoms with Crippen molar-refractivity contribution in [2.45, 2.75) is 13.0 Å². The number of halogens is 1. The first-order chi connectivity index (χ1) is 13.5. The van der Waals surface area contributed by atoms with Gasteiger partial charge in [0.2, 0.25) is 5.91 Å². The minimum Gasteiger partial charge on any atom is -0.495 e. The van der Waals surface area contributed by atoms with Crippen molar-refractivity contribution in [2.75, 3.05) is 25.5 Å². The van der Waals surface area contributed by atoms with Crippen molar-refractivity contribution in [1.82, 2.24) is 9.88 Å². The highest BCUT2D eigenvalue weighted by atomic mass is 35.5. The maximum Gasteiger partial charge on any atom is 0.238 e. The maximum atomic E-state index is 12.8. The number of ether oxygens (including phenoxy) is 1. The fraction of sp³-hybridized carbons (Fsp3) is 0.238. The summed E-state index contributed by atoms with van der Waals surface area (Å²) in [6.07, 6.45) is 0.705. The van der Waals surface area contributed by atoms with Gasteiger partial charge >= 0.3 is 0 Å². The summed E-state index contributed by atoms with van der Waals surface area (Å²) in [6, 6.07) is 12.6. The lowest BCUT2D eigenvalue weighted by Gasteiger charge is -2.27. The second kappa shape index (κ2) is 7.66. The maximum absolute atomic E-state index is 12.8. The fourth-order valence-electron chi connectivity index (χ4n) is 3.56. The number of aromatic amines is 1. The summed E-state index contributed by atoms with van der Waals surface area (Å²) in [5, 5.41) is 3.96. The second-order valence-corrected chi connectivity index (χ2v) is 7.22. The highest BCUT2D eigenvalue weighted by molar-refractivity contribution is 6.32. The largest absolute Gasteiger partial charge is 0.495 e. The Hall–Kier alpha value is -2.83. The molecule has 1 aromatic heterocycles. The molecule has 0 radical (unpaired) electrons. The van der Waals surface area contributed by atoms with Crippen LogP contribution in [0.1, 0.15) is 11.3 Å². The molecule has 4 rings (SSSR count). The van der Waals surface area contributed by atoms with Crippen LogP contribution in [0.5, 0.6) is 5.75 Å². The third kappa shape index (κ3) is 3.61. The lowest BCUT2D eigenvalue weighted by molar-refractivity contribution is -0.117. The molecule has 0 atom stereocenters. The number of benzene rings is 2. The lowest BCUT2D eigenvalue weighted by atomic mass is 10.0. The van der Waals surface area contributed by atoms with Crippen molar-refractivity contribution in [3.63, 3.8) is 0 Å². The predicted molar refractivity (Wildman–Crippen MR) is 110 cm³/mol. The van der Waals surface area contributed by atoms with Gasteiger partial charge in [0.1, 0.15) is 5.75 Å². The molecule has 0 aliphatic carbocycles. The van der Waals surface area contributed by atoms with Crippen LogP contribution in [0.15, 0.2) is 47.3 Å². The first-order valence-corrected chi connectivity index (χ1v) is 9.41. The van der Waals surface area contributed by atoms with E-state index in [0.717, 1.165) is 16.8 Å². The van der Waals surface area contributed by atoms with E-state index < -0.39 is 0 Å². The summed E-state index contributed by atoms with van der Waals surface area (Å²) in [5.74, 6) is 0.403. The lowest BCUT2D eigenvalue weighted by Crippen LogP contribution is -2.39. The van der Waals surface area contributed by atoms with Crippen LogP contribution >= 0.6 is 11.6 Å². The van der Waals surface area contributed by atoms with E-state index in [1.165, 1.54) is 0 Å². The highest BCUT2D eigenvalue weighted by Gasteiger charge is 2.22. The summed E-state index contributed by atoms with van der Waals surface area (Å²) in [7, 11) is 1.54. The Morgan fingerprint density at radius 1 is 1.29 bits per heavy atom. The number of para-hydroxylation sites is 1. The van der Waals surface area contributed by atoms with Gasteiger partial charge in [0.15, 0.2) is 5.43 Å². The van der Waals surface area contributed by atoms with Crippen molar-refractivity contribution in [1.29, 1.82) is 0 Å². The number of hydrogen-bond acceptors (Lipinski definition) is 4. The molecule has 0 spiro atoms. The number of aromatic nitrogens is 1. The van der Waals surface area contributed by atoms with Crippen LogP contribution in [-0.4, -0.2) is 36.0 Å². The van der Waals surface area contributed by atoms with E-state index in [-0.39, 0.29) is 17.9 Å². The molecule has 144 valence electrons. The molecule has 2 heterocycles. The second-order valence-electron chi connectivity index (χ2n) is 6.81. The fourth-order valence-corrected chi connectivity index (χ4v) is 3.82. The van der Waals surface area contributed by atoms with E-state index in [9.17, 15) is 9.59 Å². The number of carbonyl (C=O) groups excluding carboxylic acids is 1. The molecule has 0 saturated carbocycles. The minimum absolute atomic E-state index is 0.0383. The quantitative estimate of drug-likeness (QED) is 0.709. The Balaban J connectivity index is 1.47. The Morgan fingerprint density at radius 3 is 2.89 bits per heavy atom. The van der Waals surface area contributed by atoms with Crippen LogP contribution in [0, 0.1) is 0 Å². The highest BCUT2D eigenvalue weighted by Crippen LogP contribution is 2.27. The molecule has 7 heteroatoms. The number of nitrogens with one attached hydrogen (secondary N) is 2. The first-order valence-electron chi connectivity index (χ1n) is 9.03. The summed E-state index contributed by atoms with van der Waals surface area (Å²) in [4.78, 5) is 30.6. The van der Waals surface area contributed by atoms with E-state index in [4.69, 9.17) is 16.3 Å². The third-order valence-corrected chi connectivity index (χ3v) is 5.25. The standard InChI is InChI=1S/C21H20ClN3O3/c1-28-19-7-6-13(10-16(19)22)23-20(26)12-25-9-8-18-15(11-25)21(27)14-4-2-3-5-17(14)24-18/h2-7,10H,8-9,11-12H2,1H3,(H,23,26)(H,24,27). The zero-order valence-corrected chi connectivity index (χ0v) is 16.2. The van der Waals surface area contributed by atoms with Crippen molar-refractivity contribution >= 4 is 34.1 Å². The molecule has 2 aromatic carbocycles. The number of fused-ring (bicyclic) bond motifs is 2. The average molecular weight is 398 g/mol. The van der Waals surface area contributed by atoms with Crippen LogP contribution in [-0.2, 0) is 17.8 Å². The van der Waals surface area contributed by atoms with Gasteiger partial charge in [-0.05, 0) is 30.3 Å². The van der Waals surface area contributed by atoms with Gasteiger partial charge in [-0.25, -0.2) is 0 Å². The van der Waals surface area contributed by atoms with E-state index in [1.54, 1.807) is 25.3 Å². The van der Waals surface area contributed by atoms with Crippen molar-refractivity contribution in [3.8, 4) is 5.75 Å². The molecule has 0 fully saturated rings. The molecule has 3 aromatic rings. The minimum atomic E-state index is -0.151. The normalized spacial score (nSPS) is 13.9. The van der Waals surface area contributed by atoms with Gasteiger partial charge in [-0.2, -0.15) is 0 Å². The molecular weight excluding hydrogens is 378 g/mol. The summed E-state index contributed by atoms with van der Waals surface area (Å²) in [6.45, 7) is 1.36. The average Bonchev–Trinajstić information content (AvgIpc) is 2.69. The van der Waals surface area contributed by atoms with Gasteiger partial charge in [0.25, 0.3) is 0 Å². The van der Waals surface area contributed by atoms with E-state index in [1.807, 2.05) is 29.2 Å². The van der Waals surface area contributed by atoms with Crippen LogP contribution in [0.25, 0.3) is 10.9 Å². The number of methoxy groups -OCH3 is 1. The van der Waals surface area contributed by atoms with E-state index in [2.05, 4.69) is 10.3 Å². The number of pyridine rings is 1. The Bertz CT molecular complexity index is 1110. The number of amides is 1. The third-order valence-electron chi connectivity index (χ3n) is 4.96. The molecule has 0 saturated heterocycles. The number of hydrogen-bond donors (Lipinski definition) is 2. The zero-order valence-electron chi connectivity index (χ0n) is 15.4. The van der Waals surface area contributed by atoms with Crippen LogP contribution in [0.2, 0.25) is 5.02 Å². The smallest absolute Gasteiger partial charge is 0.238 e. The zero-order chi connectivity index (χ0) is 19.7. The number of carbonyl (C=O) groups is 1. The van der Waals surface area contributed by atoms with Crippen molar-refractivity contribution < 1.29 is 9.53 Å². The van der Waals surface area contributed by atoms with Gasteiger partial charge in [-0.1, -0.05) is 23.7 Å².